The molecule has 3 nitrogen and oxygen atoms in total. The van der Waals surface area contributed by atoms with Crippen LogP contribution in [0.25, 0.3) is 6.08 Å². The van der Waals surface area contributed by atoms with E-state index in [0.29, 0.717) is 17.5 Å². The third kappa shape index (κ3) is 4.61. The number of carbonyl (C=O) groups is 1. The van der Waals surface area contributed by atoms with Gasteiger partial charge in [-0.3, -0.25) is 0 Å². The van der Waals surface area contributed by atoms with Gasteiger partial charge in [0, 0.05) is 10.9 Å². The van der Waals surface area contributed by atoms with Crippen molar-refractivity contribution in [3.05, 3.63) is 35.4 Å². The minimum atomic E-state index is -0.909. The van der Waals surface area contributed by atoms with Crippen LogP contribution in [0.4, 0.5) is 0 Å². The van der Waals surface area contributed by atoms with Crippen LogP contribution in [0.5, 0.6) is 5.75 Å². The summed E-state index contributed by atoms with van der Waals surface area (Å²) in [5.74, 6) is -0.104. The highest BCUT2D eigenvalue weighted by molar-refractivity contribution is 9.09. The molecule has 0 aliphatic heterocycles. The van der Waals surface area contributed by atoms with Gasteiger partial charge in [-0.25, -0.2) is 4.79 Å². The van der Waals surface area contributed by atoms with E-state index < -0.39 is 5.97 Å². The molecule has 0 saturated heterocycles. The molecule has 0 unspecified atom stereocenters. The number of rotatable bonds is 6. The molecule has 1 N–H and O–H groups in total. The molecule has 0 saturated carbocycles. The molecule has 1 aromatic rings. The Kier molecular flexibility index (Phi) is 5.77. The van der Waals surface area contributed by atoms with E-state index in [0.717, 1.165) is 17.7 Å². The average molecular weight is 299 g/mol. The van der Waals surface area contributed by atoms with Crippen LogP contribution in [-0.4, -0.2) is 23.0 Å². The third-order valence-electron chi connectivity index (χ3n) is 2.11. The number of alkyl halides is 1. The van der Waals surface area contributed by atoms with E-state index in [-0.39, 0.29) is 0 Å². The van der Waals surface area contributed by atoms with E-state index in [9.17, 15) is 4.79 Å². The van der Waals surface area contributed by atoms with Crippen LogP contribution >= 0.6 is 15.9 Å². The van der Waals surface area contributed by atoms with E-state index in [4.69, 9.17) is 9.84 Å². The second kappa shape index (κ2) is 7.12. The molecule has 0 bridgehead atoms. The summed E-state index contributed by atoms with van der Waals surface area (Å²) in [7, 11) is 0. The minimum Gasteiger partial charge on any atom is -0.494 e. The van der Waals surface area contributed by atoms with Crippen LogP contribution in [-0.2, 0) is 4.79 Å². The van der Waals surface area contributed by atoms with Crippen molar-refractivity contribution in [1.82, 2.24) is 0 Å². The van der Waals surface area contributed by atoms with Crippen molar-refractivity contribution in [3.63, 3.8) is 0 Å². The molecule has 0 aromatic heterocycles. The molecule has 17 heavy (non-hydrogen) atoms. The zero-order valence-corrected chi connectivity index (χ0v) is 11.2. The van der Waals surface area contributed by atoms with Gasteiger partial charge < -0.3 is 9.84 Å². The van der Waals surface area contributed by atoms with Crippen molar-refractivity contribution in [2.24, 2.45) is 0 Å². The molecule has 0 aliphatic carbocycles. The first kappa shape index (κ1) is 13.8. The minimum absolute atomic E-state index is 0.326. The Bertz CT molecular complexity index is 396. The monoisotopic (exact) mass is 298 g/mol. The molecule has 4 heteroatoms. The predicted molar refractivity (Wildman–Crippen MR) is 71.6 cm³/mol. The van der Waals surface area contributed by atoms with Crippen LogP contribution in [0.1, 0.15) is 18.9 Å². The van der Waals surface area contributed by atoms with Gasteiger partial charge in [0.15, 0.2) is 0 Å². The molecular formula is C13H15BrO3. The first-order valence-corrected chi connectivity index (χ1v) is 6.52. The first-order chi connectivity index (χ1) is 8.17. The van der Waals surface area contributed by atoms with Crippen molar-refractivity contribution in [3.8, 4) is 5.75 Å². The summed E-state index contributed by atoms with van der Waals surface area (Å²) in [6, 6.07) is 7.37. The van der Waals surface area contributed by atoms with Crippen molar-refractivity contribution < 1.29 is 14.6 Å². The van der Waals surface area contributed by atoms with Gasteiger partial charge in [-0.05, 0) is 30.2 Å². The van der Waals surface area contributed by atoms with Crippen LogP contribution in [0.3, 0.4) is 0 Å². The van der Waals surface area contributed by atoms with E-state index >= 15 is 0 Å². The van der Waals surface area contributed by atoms with Crippen molar-refractivity contribution in [2.75, 3.05) is 11.9 Å². The largest absolute Gasteiger partial charge is 0.494 e. The van der Waals surface area contributed by atoms with Gasteiger partial charge in [-0.1, -0.05) is 35.0 Å². The van der Waals surface area contributed by atoms with E-state index in [1.54, 1.807) is 6.08 Å². The summed E-state index contributed by atoms with van der Waals surface area (Å²) in [6.07, 6.45) is 2.61. The highest BCUT2D eigenvalue weighted by Gasteiger charge is 2.04. The van der Waals surface area contributed by atoms with E-state index in [2.05, 4.69) is 15.9 Å². The molecule has 0 heterocycles. The van der Waals surface area contributed by atoms with Gasteiger partial charge in [0.25, 0.3) is 0 Å². The van der Waals surface area contributed by atoms with Crippen molar-refractivity contribution >= 4 is 28.0 Å². The molecule has 0 aliphatic rings. The second-order valence-electron chi connectivity index (χ2n) is 3.53. The Morgan fingerprint density at radius 2 is 2.06 bits per heavy atom. The number of hydrogen-bond donors (Lipinski definition) is 1. The Balaban J connectivity index is 2.76. The molecule has 0 fully saturated rings. The van der Waals surface area contributed by atoms with Crippen LogP contribution in [0, 0.1) is 0 Å². The van der Waals surface area contributed by atoms with Crippen molar-refractivity contribution in [1.29, 1.82) is 0 Å². The molecule has 0 radical (unpaired) electrons. The highest BCUT2D eigenvalue weighted by Crippen LogP contribution is 2.15. The fourth-order valence-corrected chi connectivity index (χ4v) is 1.64. The third-order valence-corrected chi connectivity index (χ3v) is 2.72. The smallest absolute Gasteiger partial charge is 0.332 e. The summed E-state index contributed by atoms with van der Waals surface area (Å²) >= 11 is 3.15. The average Bonchev–Trinajstić information content (AvgIpc) is 2.34. The van der Waals surface area contributed by atoms with Gasteiger partial charge in [0.2, 0.25) is 0 Å². The molecule has 1 rings (SSSR count). The standard InChI is InChI=1S/C13H15BrO3/c1-2-7-17-12-5-3-10(4-6-12)8-11(9-14)13(15)16/h3-6,8H,2,7,9H2,1H3,(H,15,16). The van der Waals surface area contributed by atoms with Gasteiger partial charge >= 0.3 is 5.97 Å². The summed E-state index contributed by atoms with van der Waals surface area (Å²) in [6.45, 7) is 2.74. The number of carboxylic acid groups (broad SMARTS) is 1. The number of hydrogen-bond acceptors (Lipinski definition) is 2. The number of halogens is 1. The van der Waals surface area contributed by atoms with Gasteiger partial charge in [0.05, 0.1) is 6.61 Å². The maximum atomic E-state index is 10.8. The molecule has 92 valence electrons. The molecule has 0 atom stereocenters. The Hall–Kier alpha value is -1.29. The maximum Gasteiger partial charge on any atom is 0.332 e. The summed E-state index contributed by atoms with van der Waals surface area (Å²) < 4.78 is 5.44. The topological polar surface area (TPSA) is 46.5 Å². The quantitative estimate of drug-likeness (QED) is 0.647. The van der Waals surface area contributed by atoms with Crippen LogP contribution in [0.15, 0.2) is 29.8 Å². The van der Waals surface area contributed by atoms with E-state index in [1.807, 2.05) is 31.2 Å². The van der Waals surface area contributed by atoms with Gasteiger partial charge in [-0.15, -0.1) is 0 Å². The fourth-order valence-electron chi connectivity index (χ4n) is 1.24. The SMILES string of the molecule is CCCOc1ccc(C=C(CBr)C(=O)O)cc1. The molecule has 1 aromatic carbocycles. The second-order valence-corrected chi connectivity index (χ2v) is 4.09. The number of ether oxygens (including phenoxy) is 1. The predicted octanol–water partition coefficient (Wildman–Crippen LogP) is 3.34. The molecule has 0 amide bonds. The van der Waals surface area contributed by atoms with Crippen LogP contribution in [0.2, 0.25) is 0 Å². The zero-order valence-electron chi connectivity index (χ0n) is 9.65. The Labute approximate surface area is 109 Å². The highest BCUT2D eigenvalue weighted by atomic mass is 79.9. The maximum absolute atomic E-state index is 10.8. The van der Waals surface area contributed by atoms with Gasteiger partial charge in [0.1, 0.15) is 5.75 Å². The molecular weight excluding hydrogens is 284 g/mol. The van der Waals surface area contributed by atoms with Crippen LogP contribution < -0.4 is 4.74 Å². The van der Waals surface area contributed by atoms with Gasteiger partial charge in [-0.2, -0.15) is 0 Å². The zero-order chi connectivity index (χ0) is 12.7. The Morgan fingerprint density at radius 1 is 1.41 bits per heavy atom. The lowest BCUT2D eigenvalue weighted by atomic mass is 10.1. The summed E-state index contributed by atoms with van der Waals surface area (Å²) in [5.41, 5.74) is 1.18. The molecule has 0 spiro atoms. The fraction of sp³-hybridized carbons (Fsp3) is 0.308. The Morgan fingerprint density at radius 3 is 2.53 bits per heavy atom. The lowest BCUT2D eigenvalue weighted by Crippen LogP contribution is -2.01. The van der Waals surface area contributed by atoms with E-state index in [1.165, 1.54) is 0 Å². The first-order valence-electron chi connectivity index (χ1n) is 5.40. The normalized spacial score (nSPS) is 11.3. The lowest BCUT2D eigenvalue weighted by Gasteiger charge is -2.04. The summed E-state index contributed by atoms with van der Waals surface area (Å²) in [4.78, 5) is 10.8. The van der Waals surface area contributed by atoms with Crippen molar-refractivity contribution in [2.45, 2.75) is 13.3 Å². The summed E-state index contributed by atoms with van der Waals surface area (Å²) in [5, 5.41) is 9.21. The lowest BCUT2D eigenvalue weighted by molar-refractivity contribution is -0.132. The number of carboxylic acids is 1. The number of benzene rings is 1. The number of aliphatic carboxylic acids is 1.